The maximum Gasteiger partial charge on any atom is 0.0992 e. The predicted molar refractivity (Wildman–Crippen MR) is 73.4 cm³/mol. The molecule has 0 aliphatic carbocycles. The average molecular weight is 250 g/mol. The summed E-state index contributed by atoms with van der Waals surface area (Å²) in [5.41, 5.74) is 2.43. The van der Waals surface area contributed by atoms with E-state index in [1.165, 1.54) is 0 Å². The molecular formula is C13H18N2OS. The van der Waals surface area contributed by atoms with Crippen LogP contribution < -0.4 is 4.90 Å². The van der Waals surface area contributed by atoms with Crippen LogP contribution in [0.15, 0.2) is 18.2 Å². The smallest absolute Gasteiger partial charge is 0.0992 e. The summed E-state index contributed by atoms with van der Waals surface area (Å²) in [4.78, 5) is 2.08. The van der Waals surface area contributed by atoms with Crippen molar-refractivity contribution in [2.45, 2.75) is 13.0 Å². The average Bonchev–Trinajstić information content (AvgIpc) is 2.34. The minimum Gasteiger partial charge on any atom is -0.389 e. The molecule has 0 amide bonds. The first kappa shape index (κ1) is 13.9. The summed E-state index contributed by atoms with van der Waals surface area (Å²) in [5.74, 6) is 1.02. The summed E-state index contributed by atoms with van der Waals surface area (Å²) in [5, 5.41) is 18.6. The largest absolute Gasteiger partial charge is 0.389 e. The topological polar surface area (TPSA) is 47.3 Å². The Morgan fingerprint density at radius 2 is 2.24 bits per heavy atom. The highest BCUT2D eigenvalue weighted by atomic mass is 32.2. The first-order valence-electron chi connectivity index (χ1n) is 5.52. The highest BCUT2D eigenvalue weighted by Crippen LogP contribution is 2.26. The van der Waals surface area contributed by atoms with Gasteiger partial charge in [-0.3, -0.25) is 0 Å². The van der Waals surface area contributed by atoms with Crippen molar-refractivity contribution in [1.29, 1.82) is 5.26 Å². The number of anilines is 1. The molecule has 1 aromatic rings. The molecule has 0 radical (unpaired) electrons. The van der Waals surface area contributed by atoms with Crippen LogP contribution in [0.1, 0.15) is 24.2 Å². The van der Waals surface area contributed by atoms with Crippen LogP contribution in [0.2, 0.25) is 0 Å². The number of thioether (sulfide) groups is 1. The van der Waals surface area contributed by atoms with Crippen molar-refractivity contribution in [2.24, 2.45) is 0 Å². The van der Waals surface area contributed by atoms with Gasteiger partial charge < -0.3 is 10.0 Å². The van der Waals surface area contributed by atoms with E-state index in [4.69, 9.17) is 5.26 Å². The molecule has 1 atom stereocenters. The summed E-state index contributed by atoms with van der Waals surface area (Å²) in [6, 6.07) is 7.54. The van der Waals surface area contributed by atoms with Gasteiger partial charge in [0.05, 0.1) is 17.7 Å². The van der Waals surface area contributed by atoms with Gasteiger partial charge in [-0.25, -0.2) is 0 Å². The summed E-state index contributed by atoms with van der Waals surface area (Å²) < 4.78 is 0. The van der Waals surface area contributed by atoms with Crippen molar-refractivity contribution in [3.8, 4) is 6.07 Å². The second kappa shape index (κ2) is 6.53. The molecule has 0 aliphatic rings. The SMILES string of the molecule is CSCCN(C)c1cc(C#N)ccc1C(C)O. The summed E-state index contributed by atoms with van der Waals surface area (Å²) in [6.07, 6.45) is 1.55. The molecule has 4 heteroatoms. The van der Waals surface area contributed by atoms with Gasteiger partial charge in [0.1, 0.15) is 0 Å². The van der Waals surface area contributed by atoms with E-state index in [1.807, 2.05) is 19.2 Å². The van der Waals surface area contributed by atoms with Crippen LogP contribution in [0.5, 0.6) is 0 Å². The molecule has 92 valence electrons. The molecule has 1 aromatic carbocycles. The van der Waals surface area contributed by atoms with Crippen LogP contribution in [0.4, 0.5) is 5.69 Å². The van der Waals surface area contributed by atoms with Crippen molar-refractivity contribution < 1.29 is 5.11 Å². The van der Waals surface area contributed by atoms with Crippen LogP contribution in [0.25, 0.3) is 0 Å². The number of nitriles is 1. The number of nitrogens with zero attached hydrogens (tertiary/aromatic N) is 2. The third kappa shape index (κ3) is 3.65. The number of hydrogen-bond acceptors (Lipinski definition) is 4. The molecule has 0 spiro atoms. The second-order valence-corrected chi connectivity index (χ2v) is 4.96. The van der Waals surface area contributed by atoms with Crippen molar-refractivity contribution in [3.63, 3.8) is 0 Å². The van der Waals surface area contributed by atoms with E-state index in [2.05, 4.69) is 17.2 Å². The number of rotatable bonds is 5. The van der Waals surface area contributed by atoms with E-state index in [9.17, 15) is 5.11 Å². The Morgan fingerprint density at radius 1 is 1.53 bits per heavy atom. The summed E-state index contributed by atoms with van der Waals surface area (Å²) in [7, 11) is 1.98. The lowest BCUT2D eigenvalue weighted by atomic mass is 10.0. The van der Waals surface area contributed by atoms with Gasteiger partial charge in [0.2, 0.25) is 0 Å². The minimum atomic E-state index is -0.519. The van der Waals surface area contributed by atoms with E-state index in [0.29, 0.717) is 5.56 Å². The third-order valence-corrected chi connectivity index (χ3v) is 3.24. The van der Waals surface area contributed by atoms with Gasteiger partial charge in [-0.2, -0.15) is 17.0 Å². The molecule has 3 nitrogen and oxygen atoms in total. The predicted octanol–water partition coefficient (Wildman–Crippen LogP) is 2.41. The Morgan fingerprint density at radius 3 is 2.76 bits per heavy atom. The van der Waals surface area contributed by atoms with Crippen LogP contribution in [0.3, 0.4) is 0 Å². The molecule has 1 unspecified atom stereocenters. The molecule has 0 bridgehead atoms. The van der Waals surface area contributed by atoms with E-state index in [-0.39, 0.29) is 0 Å². The van der Waals surface area contributed by atoms with Gasteiger partial charge in [0.15, 0.2) is 0 Å². The lowest BCUT2D eigenvalue weighted by Crippen LogP contribution is -2.22. The van der Waals surface area contributed by atoms with Crippen LogP contribution in [-0.4, -0.2) is 30.7 Å². The van der Waals surface area contributed by atoms with Crippen LogP contribution in [0, 0.1) is 11.3 Å². The summed E-state index contributed by atoms with van der Waals surface area (Å²) in [6.45, 7) is 2.64. The fraction of sp³-hybridized carbons (Fsp3) is 0.462. The van der Waals surface area contributed by atoms with Gasteiger partial charge in [0, 0.05) is 30.6 Å². The van der Waals surface area contributed by atoms with Crippen LogP contribution in [-0.2, 0) is 0 Å². The Hall–Kier alpha value is -1.18. The normalized spacial score (nSPS) is 11.9. The molecule has 1 rings (SSSR count). The van der Waals surface area contributed by atoms with E-state index in [0.717, 1.165) is 23.5 Å². The van der Waals surface area contributed by atoms with Crippen molar-refractivity contribution in [1.82, 2.24) is 0 Å². The fourth-order valence-corrected chi connectivity index (χ4v) is 2.10. The highest BCUT2D eigenvalue weighted by Gasteiger charge is 2.12. The molecular weight excluding hydrogens is 232 g/mol. The van der Waals surface area contributed by atoms with E-state index >= 15 is 0 Å². The van der Waals surface area contributed by atoms with Crippen LogP contribution >= 0.6 is 11.8 Å². The van der Waals surface area contributed by atoms with Crippen molar-refractivity contribution >= 4 is 17.4 Å². The maximum atomic E-state index is 9.73. The lowest BCUT2D eigenvalue weighted by molar-refractivity contribution is 0.199. The Labute approximate surface area is 107 Å². The zero-order chi connectivity index (χ0) is 12.8. The maximum absolute atomic E-state index is 9.73. The van der Waals surface area contributed by atoms with Crippen molar-refractivity contribution in [3.05, 3.63) is 29.3 Å². The first-order chi connectivity index (χ1) is 8.10. The lowest BCUT2D eigenvalue weighted by Gasteiger charge is -2.23. The number of benzene rings is 1. The number of aliphatic hydroxyl groups excluding tert-OH is 1. The molecule has 0 heterocycles. The zero-order valence-corrected chi connectivity index (χ0v) is 11.3. The molecule has 0 saturated heterocycles. The standard InChI is InChI=1S/C13H18N2OS/c1-10(16)12-5-4-11(9-14)8-13(12)15(2)6-7-17-3/h4-5,8,10,16H,6-7H2,1-3H3. The van der Waals surface area contributed by atoms with Gasteiger partial charge >= 0.3 is 0 Å². The molecule has 0 saturated carbocycles. The van der Waals surface area contributed by atoms with E-state index in [1.54, 1.807) is 24.8 Å². The third-order valence-electron chi connectivity index (χ3n) is 2.65. The summed E-state index contributed by atoms with van der Waals surface area (Å²) >= 11 is 1.78. The quantitative estimate of drug-likeness (QED) is 0.871. The van der Waals surface area contributed by atoms with Gasteiger partial charge in [-0.1, -0.05) is 6.07 Å². The van der Waals surface area contributed by atoms with E-state index < -0.39 is 6.10 Å². The Balaban J connectivity index is 3.04. The number of aliphatic hydroxyl groups is 1. The molecule has 0 aromatic heterocycles. The monoisotopic (exact) mass is 250 g/mol. The van der Waals surface area contributed by atoms with Crippen molar-refractivity contribution in [2.75, 3.05) is 30.5 Å². The van der Waals surface area contributed by atoms with Gasteiger partial charge in [-0.15, -0.1) is 0 Å². The second-order valence-electron chi connectivity index (χ2n) is 3.98. The molecule has 1 N–H and O–H groups in total. The first-order valence-corrected chi connectivity index (χ1v) is 6.91. The Bertz CT molecular complexity index is 412. The Kier molecular flexibility index (Phi) is 5.33. The number of hydrogen-bond donors (Lipinski definition) is 1. The molecule has 17 heavy (non-hydrogen) atoms. The van der Waals surface area contributed by atoms with Gasteiger partial charge in [-0.05, 0) is 25.3 Å². The minimum absolute atomic E-state index is 0.519. The fourth-order valence-electron chi connectivity index (χ4n) is 1.65. The molecule has 0 fully saturated rings. The molecule has 0 aliphatic heterocycles. The van der Waals surface area contributed by atoms with Gasteiger partial charge in [0.25, 0.3) is 0 Å². The highest BCUT2D eigenvalue weighted by molar-refractivity contribution is 7.98. The zero-order valence-electron chi connectivity index (χ0n) is 10.5.